The highest BCUT2D eigenvalue weighted by atomic mass is 32.2. The zero-order chi connectivity index (χ0) is 17.3. The summed E-state index contributed by atoms with van der Waals surface area (Å²) in [6, 6.07) is 12.3. The molecule has 0 fully saturated rings. The third-order valence-electron chi connectivity index (χ3n) is 4.10. The molecule has 0 amide bonds. The molecule has 0 radical (unpaired) electrons. The number of anilines is 1. The van der Waals surface area contributed by atoms with E-state index in [1.807, 2.05) is 24.3 Å². The topological polar surface area (TPSA) is 55.8 Å². The van der Waals surface area contributed by atoms with Crippen molar-refractivity contribution < 1.29 is 17.9 Å². The summed E-state index contributed by atoms with van der Waals surface area (Å²) in [6.07, 6.45) is 0. The molecule has 6 heteroatoms. The molecular weight excluding hydrogens is 326 g/mol. The van der Waals surface area contributed by atoms with Crippen LogP contribution in [0.15, 0.2) is 47.4 Å². The first kappa shape index (κ1) is 16.6. The Hall–Kier alpha value is -2.21. The maximum atomic E-state index is 12.9. The molecule has 0 unspecified atom stereocenters. The minimum atomic E-state index is -3.66. The molecule has 0 atom stereocenters. The van der Waals surface area contributed by atoms with Gasteiger partial charge in [0.05, 0.1) is 10.6 Å². The van der Waals surface area contributed by atoms with Gasteiger partial charge in [-0.05, 0) is 35.7 Å². The lowest BCUT2D eigenvalue weighted by Crippen LogP contribution is -2.26. The van der Waals surface area contributed by atoms with Crippen LogP contribution in [0, 0.1) is 0 Å². The summed E-state index contributed by atoms with van der Waals surface area (Å²) in [6.45, 7) is 5.10. The second-order valence-electron chi connectivity index (χ2n) is 6.02. The van der Waals surface area contributed by atoms with Gasteiger partial charge in [0.2, 0.25) is 0 Å². The van der Waals surface area contributed by atoms with E-state index in [9.17, 15) is 8.42 Å². The molecular formula is C18H21NO4S. The van der Waals surface area contributed by atoms with Crippen LogP contribution in [0.1, 0.15) is 25.3 Å². The smallest absolute Gasteiger partial charge is 0.264 e. The molecule has 3 rings (SSSR count). The molecule has 1 heterocycles. The quantitative estimate of drug-likeness (QED) is 0.850. The van der Waals surface area contributed by atoms with Crippen molar-refractivity contribution >= 4 is 15.7 Å². The van der Waals surface area contributed by atoms with E-state index in [2.05, 4.69) is 13.8 Å². The molecule has 128 valence electrons. The Morgan fingerprint density at radius 1 is 0.958 bits per heavy atom. The highest BCUT2D eigenvalue weighted by molar-refractivity contribution is 7.92. The molecule has 1 aliphatic heterocycles. The number of hydrogen-bond donors (Lipinski definition) is 0. The normalized spacial score (nSPS) is 13.8. The number of benzene rings is 2. The lowest BCUT2D eigenvalue weighted by atomic mass is 10.0. The van der Waals surface area contributed by atoms with Crippen LogP contribution >= 0.6 is 0 Å². The van der Waals surface area contributed by atoms with Crippen LogP contribution in [0.5, 0.6) is 11.5 Å². The Bertz CT molecular complexity index is 829. The van der Waals surface area contributed by atoms with Crippen molar-refractivity contribution in [3.05, 3.63) is 48.0 Å². The van der Waals surface area contributed by atoms with Gasteiger partial charge in [-0.3, -0.25) is 4.31 Å². The van der Waals surface area contributed by atoms with Crippen LogP contribution in [0.3, 0.4) is 0 Å². The zero-order valence-electron chi connectivity index (χ0n) is 14.0. The van der Waals surface area contributed by atoms with Crippen molar-refractivity contribution in [2.45, 2.75) is 24.7 Å². The minimum absolute atomic E-state index is 0.183. The highest BCUT2D eigenvalue weighted by Crippen LogP contribution is 2.34. The summed E-state index contributed by atoms with van der Waals surface area (Å²) in [7, 11) is -2.11. The van der Waals surface area contributed by atoms with Crippen LogP contribution in [-0.2, 0) is 10.0 Å². The van der Waals surface area contributed by atoms with Gasteiger partial charge in [0, 0.05) is 13.1 Å². The van der Waals surface area contributed by atoms with E-state index in [4.69, 9.17) is 9.47 Å². The number of fused-ring (bicyclic) bond motifs is 1. The fourth-order valence-corrected chi connectivity index (χ4v) is 3.76. The maximum Gasteiger partial charge on any atom is 0.264 e. The van der Waals surface area contributed by atoms with E-state index in [1.54, 1.807) is 19.2 Å². The lowest BCUT2D eigenvalue weighted by molar-refractivity contribution is 0.171. The van der Waals surface area contributed by atoms with Crippen molar-refractivity contribution in [2.24, 2.45) is 0 Å². The predicted molar refractivity (Wildman–Crippen MR) is 93.6 cm³/mol. The molecule has 5 nitrogen and oxygen atoms in total. The van der Waals surface area contributed by atoms with Gasteiger partial charge in [0.15, 0.2) is 11.5 Å². The first-order chi connectivity index (χ1) is 11.4. The summed E-state index contributed by atoms with van der Waals surface area (Å²) in [5, 5.41) is 0. The molecule has 24 heavy (non-hydrogen) atoms. The molecule has 1 aliphatic rings. The van der Waals surface area contributed by atoms with Crippen molar-refractivity contribution in [1.29, 1.82) is 0 Å². The molecule has 0 aromatic heterocycles. The van der Waals surface area contributed by atoms with Gasteiger partial charge in [-0.1, -0.05) is 26.0 Å². The molecule has 2 aromatic carbocycles. The zero-order valence-corrected chi connectivity index (χ0v) is 14.8. The van der Waals surface area contributed by atoms with Gasteiger partial charge in [-0.15, -0.1) is 0 Å². The Morgan fingerprint density at radius 2 is 1.58 bits per heavy atom. The van der Waals surface area contributed by atoms with Crippen LogP contribution in [0.4, 0.5) is 5.69 Å². The second kappa shape index (κ2) is 6.36. The summed E-state index contributed by atoms with van der Waals surface area (Å²) >= 11 is 0. The van der Waals surface area contributed by atoms with Crippen molar-refractivity contribution in [3.63, 3.8) is 0 Å². The Labute approximate surface area is 142 Å². The Kier molecular flexibility index (Phi) is 4.41. The van der Waals surface area contributed by atoms with E-state index in [-0.39, 0.29) is 4.90 Å². The SMILES string of the molecule is CC(C)c1ccc(N(C)S(=O)(=O)c2ccc3c(c2)OCCO3)cc1. The molecule has 0 aliphatic carbocycles. The van der Waals surface area contributed by atoms with Crippen molar-refractivity contribution in [3.8, 4) is 11.5 Å². The average Bonchev–Trinajstić information content (AvgIpc) is 2.60. The fraction of sp³-hybridized carbons (Fsp3) is 0.333. The number of rotatable bonds is 4. The minimum Gasteiger partial charge on any atom is -0.486 e. The van der Waals surface area contributed by atoms with Crippen molar-refractivity contribution in [1.82, 2.24) is 0 Å². The van der Waals surface area contributed by atoms with Gasteiger partial charge >= 0.3 is 0 Å². The number of nitrogens with zero attached hydrogens (tertiary/aromatic N) is 1. The largest absolute Gasteiger partial charge is 0.486 e. The Balaban J connectivity index is 1.91. The first-order valence-corrected chi connectivity index (χ1v) is 9.32. The first-order valence-electron chi connectivity index (χ1n) is 7.88. The summed E-state index contributed by atoms with van der Waals surface area (Å²) < 4.78 is 37.9. The molecule has 2 aromatic rings. The monoisotopic (exact) mass is 347 g/mol. The average molecular weight is 347 g/mol. The lowest BCUT2D eigenvalue weighted by Gasteiger charge is -2.22. The molecule has 0 spiro atoms. The van der Waals surface area contributed by atoms with E-state index in [0.29, 0.717) is 36.3 Å². The van der Waals surface area contributed by atoms with Crippen LogP contribution in [-0.4, -0.2) is 28.7 Å². The van der Waals surface area contributed by atoms with E-state index in [1.165, 1.54) is 15.9 Å². The van der Waals surface area contributed by atoms with Gasteiger partial charge in [-0.25, -0.2) is 8.42 Å². The third-order valence-corrected chi connectivity index (χ3v) is 5.88. The fourth-order valence-electron chi connectivity index (χ4n) is 2.55. The van der Waals surface area contributed by atoms with Crippen LogP contribution < -0.4 is 13.8 Å². The molecule has 0 saturated heterocycles. The molecule has 0 saturated carbocycles. The number of ether oxygens (including phenoxy) is 2. The molecule has 0 bridgehead atoms. The third kappa shape index (κ3) is 3.06. The van der Waals surface area contributed by atoms with Crippen LogP contribution in [0.2, 0.25) is 0 Å². The predicted octanol–water partition coefficient (Wildman–Crippen LogP) is 3.41. The Morgan fingerprint density at radius 3 is 2.21 bits per heavy atom. The number of sulfonamides is 1. The van der Waals surface area contributed by atoms with Gasteiger partial charge in [-0.2, -0.15) is 0 Å². The highest BCUT2D eigenvalue weighted by Gasteiger charge is 2.24. The van der Waals surface area contributed by atoms with Gasteiger partial charge in [0.1, 0.15) is 13.2 Å². The summed E-state index contributed by atoms with van der Waals surface area (Å²) in [5.41, 5.74) is 1.79. The standard InChI is InChI=1S/C18H21NO4S/c1-13(2)14-4-6-15(7-5-14)19(3)24(20,21)16-8-9-17-18(12-16)23-11-10-22-17/h4-9,12-13H,10-11H2,1-3H3. The summed E-state index contributed by atoms with van der Waals surface area (Å²) in [4.78, 5) is 0.183. The van der Waals surface area contributed by atoms with Gasteiger partial charge in [0.25, 0.3) is 10.0 Å². The van der Waals surface area contributed by atoms with E-state index < -0.39 is 10.0 Å². The van der Waals surface area contributed by atoms with E-state index in [0.717, 1.165) is 0 Å². The second-order valence-corrected chi connectivity index (χ2v) is 7.99. The van der Waals surface area contributed by atoms with Crippen molar-refractivity contribution in [2.75, 3.05) is 24.6 Å². The van der Waals surface area contributed by atoms with Gasteiger partial charge < -0.3 is 9.47 Å². The van der Waals surface area contributed by atoms with E-state index >= 15 is 0 Å². The maximum absolute atomic E-state index is 12.9. The van der Waals surface area contributed by atoms with Crippen LogP contribution in [0.25, 0.3) is 0 Å². The molecule has 0 N–H and O–H groups in total. The number of hydrogen-bond acceptors (Lipinski definition) is 4. The summed E-state index contributed by atoms with van der Waals surface area (Å²) in [5.74, 6) is 1.44.